The summed E-state index contributed by atoms with van der Waals surface area (Å²) in [7, 11) is -3.69. The molecule has 0 aliphatic heterocycles. The van der Waals surface area contributed by atoms with Gasteiger partial charge in [-0.05, 0) is 37.5 Å². The number of benzene rings is 1. The van der Waals surface area contributed by atoms with Crippen molar-refractivity contribution in [2.45, 2.75) is 26.5 Å². The molecule has 0 saturated carbocycles. The summed E-state index contributed by atoms with van der Waals surface area (Å²) in [5, 5.41) is 6.29. The Labute approximate surface area is 123 Å². The molecule has 0 spiro atoms. The highest BCUT2D eigenvalue weighted by atomic mass is 32.2. The van der Waals surface area contributed by atoms with Gasteiger partial charge < -0.3 is 0 Å². The van der Waals surface area contributed by atoms with E-state index >= 15 is 0 Å². The van der Waals surface area contributed by atoms with E-state index < -0.39 is 15.5 Å². The summed E-state index contributed by atoms with van der Waals surface area (Å²) in [6, 6.07) is 6.78. The number of hydrogen-bond acceptors (Lipinski definition) is 4. The van der Waals surface area contributed by atoms with Crippen molar-refractivity contribution < 1.29 is 8.42 Å². The van der Waals surface area contributed by atoms with Crippen molar-refractivity contribution in [2.24, 2.45) is 0 Å². The van der Waals surface area contributed by atoms with Crippen LogP contribution in [0.1, 0.15) is 22.4 Å². The largest absolute Gasteiger partial charge is 0.286 e. The smallest absolute Gasteiger partial charge is 0.238 e. The molecule has 1 heterocycles. The Morgan fingerprint density at radius 1 is 1.24 bits per heavy atom. The minimum absolute atomic E-state index is 0.199. The minimum Gasteiger partial charge on any atom is -0.286 e. The molecule has 0 saturated heterocycles. The third-order valence-corrected chi connectivity index (χ3v) is 4.43. The van der Waals surface area contributed by atoms with Gasteiger partial charge in [-0.2, -0.15) is 5.10 Å². The summed E-state index contributed by atoms with van der Waals surface area (Å²) in [5.41, 5.74) is 2.75. The van der Waals surface area contributed by atoms with Crippen LogP contribution < -0.4 is 10.2 Å². The van der Waals surface area contributed by atoms with Crippen LogP contribution in [0.4, 0.5) is 5.82 Å². The molecule has 2 rings (SSSR count). The third kappa shape index (κ3) is 3.69. The lowest BCUT2D eigenvalue weighted by Gasteiger charge is -2.10. The average Bonchev–Trinajstić information content (AvgIpc) is 2.38. The highest BCUT2D eigenvalue weighted by molar-refractivity contribution is 7.91. The number of sulfonamides is 1. The Morgan fingerprint density at radius 3 is 2.62 bits per heavy atom. The van der Waals surface area contributed by atoms with Gasteiger partial charge in [-0.1, -0.05) is 18.2 Å². The molecule has 112 valence electrons. The van der Waals surface area contributed by atoms with E-state index in [1.54, 1.807) is 13.0 Å². The predicted molar refractivity (Wildman–Crippen MR) is 81.8 cm³/mol. The van der Waals surface area contributed by atoms with E-state index in [1.165, 1.54) is 6.07 Å². The number of H-pyrrole nitrogens is 1. The van der Waals surface area contributed by atoms with Crippen molar-refractivity contribution >= 4 is 15.8 Å². The second kappa shape index (κ2) is 5.69. The molecule has 0 aliphatic rings. The molecular formula is C14H17N3O3S. The Morgan fingerprint density at radius 2 is 1.95 bits per heavy atom. The maximum atomic E-state index is 12.2. The first-order valence-electron chi connectivity index (χ1n) is 6.40. The van der Waals surface area contributed by atoms with E-state index in [1.807, 2.05) is 26.0 Å². The summed E-state index contributed by atoms with van der Waals surface area (Å²) in [5.74, 6) is -0.416. The molecule has 0 fully saturated rings. The number of aryl methyl sites for hydroxylation is 2. The fourth-order valence-electron chi connectivity index (χ4n) is 1.93. The number of aromatic amines is 1. The highest BCUT2D eigenvalue weighted by Crippen LogP contribution is 2.16. The topological polar surface area (TPSA) is 91.9 Å². The predicted octanol–water partition coefficient (Wildman–Crippen LogP) is 1.64. The highest BCUT2D eigenvalue weighted by Gasteiger charge is 2.16. The summed E-state index contributed by atoms with van der Waals surface area (Å²) >= 11 is 0. The second-order valence-electron chi connectivity index (χ2n) is 4.98. The van der Waals surface area contributed by atoms with Gasteiger partial charge in [0.15, 0.2) is 0 Å². The first kappa shape index (κ1) is 15.2. The molecule has 0 amide bonds. The van der Waals surface area contributed by atoms with Crippen molar-refractivity contribution in [1.82, 2.24) is 10.2 Å². The SMILES string of the molecule is Cc1cc(=O)c(NS(=O)(=O)Cc2cccc(C)c2C)n[nH]1. The minimum atomic E-state index is -3.69. The van der Waals surface area contributed by atoms with Crippen LogP contribution in [-0.2, 0) is 15.8 Å². The molecule has 1 aromatic heterocycles. The zero-order chi connectivity index (χ0) is 15.6. The molecule has 0 radical (unpaired) electrons. The summed E-state index contributed by atoms with van der Waals surface area (Å²) in [6.45, 7) is 5.46. The van der Waals surface area contributed by atoms with Gasteiger partial charge in [0.25, 0.3) is 0 Å². The molecule has 7 heteroatoms. The van der Waals surface area contributed by atoms with Gasteiger partial charge in [0, 0.05) is 11.8 Å². The average molecular weight is 307 g/mol. The number of nitrogens with zero attached hydrogens (tertiary/aromatic N) is 1. The molecular weight excluding hydrogens is 290 g/mol. The standard InChI is InChI=1S/C14H17N3O3S/c1-9-5-4-6-12(11(9)3)8-21(19,20)17-14-13(18)7-10(2)15-16-14/h4-7H,8H2,1-3H3,(H,15,18)(H,16,17). The molecule has 1 aromatic carbocycles. The molecule has 0 bridgehead atoms. The zero-order valence-electron chi connectivity index (χ0n) is 12.1. The van der Waals surface area contributed by atoms with Gasteiger partial charge in [-0.15, -0.1) is 0 Å². The van der Waals surface area contributed by atoms with Crippen molar-refractivity contribution in [1.29, 1.82) is 0 Å². The fourth-order valence-corrected chi connectivity index (χ4v) is 3.16. The van der Waals surface area contributed by atoms with Crippen LogP contribution in [0.25, 0.3) is 0 Å². The Hall–Kier alpha value is -2.15. The van der Waals surface area contributed by atoms with Crippen molar-refractivity contribution in [3.8, 4) is 0 Å². The maximum Gasteiger partial charge on any atom is 0.238 e. The van der Waals surface area contributed by atoms with E-state index in [0.717, 1.165) is 11.1 Å². The molecule has 2 aromatic rings. The number of nitrogens with one attached hydrogen (secondary N) is 2. The summed E-state index contributed by atoms with van der Waals surface area (Å²) < 4.78 is 26.6. The molecule has 21 heavy (non-hydrogen) atoms. The lowest BCUT2D eigenvalue weighted by molar-refractivity contribution is 0.600. The van der Waals surface area contributed by atoms with E-state index in [4.69, 9.17) is 0 Å². The number of hydrogen-bond donors (Lipinski definition) is 2. The van der Waals surface area contributed by atoms with Crippen LogP contribution in [0.5, 0.6) is 0 Å². The third-order valence-electron chi connectivity index (χ3n) is 3.24. The van der Waals surface area contributed by atoms with Crippen LogP contribution >= 0.6 is 0 Å². The lowest BCUT2D eigenvalue weighted by atomic mass is 10.1. The maximum absolute atomic E-state index is 12.2. The van der Waals surface area contributed by atoms with Crippen LogP contribution in [0.3, 0.4) is 0 Å². The van der Waals surface area contributed by atoms with Gasteiger partial charge in [0.1, 0.15) is 0 Å². The van der Waals surface area contributed by atoms with Gasteiger partial charge in [-0.25, -0.2) is 8.42 Å². The molecule has 2 N–H and O–H groups in total. The Bertz CT molecular complexity index is 826. The quantitative estimate of drug-likeness (QED) is 0.898. The van der Waals surface area contributed by atoms with Crippen LogP contribution in [0, 0.1) is 20.8 Å². The first-order chi connectivity index (χ1) is 9.78. The number of rotatable bonds is 4. The van der Waals surface area contributed by atoms with Crippen molar-refractivity contribution in [2.75, 3.05) is 4.72 Å². The summed E-state index contributed by atoms with van der Waals surface area (Å²) in [4.78, 5) is 11.7. The van der Waals surface area contributed by atoms with Crippen molar-refractivity contribution in [3.05, 3.63) is 56.9 Å². The van der Waals surface area contributed by atoms with Gasteiger partial charge in [-0.3, -0.25) is 14.6 Å². The number of anilines is 1. The van der Waals surface area contributed by atoms with E-state index in [-0.39, 0.29) is 11.6 Å². The normalized spacial score (nSPS) is 11.4. The molecule has 6 nitrogen and oxygen atoms in total. The molecule has 0 unspecified atom stereocenters. The van der Waals surface area contributed by atoms with Crippen LogP contribution in [0.2, 0.25) is 0 Å². The Balaban J connectivity index is 2.27. The van der Waals surface area contributed by atoms with Gasteiger partial charge in [0.2, 0.25) is 21.3 Å². The van der Waals surface area contributed by atoms with Crippen LogP contribution in [-0.4, -0.2) is 18.6 Å². The summed E-state index contributed by atoms with van der Waals surface area (Å²) in [6.07, 6.45) is 0. The molecule has 0 aliphatic carbocycles. The lowest BCUT2D eigenvalue weighted by Crippen LogP contribution is -2.22. The number of aromatic nitrogens is 2. The van der Waals surface area contributed by atoms with E-state index in [9.17, 15) is 13.2 Å². The monoisotopic (exact) mass is 307 g/mol. The van der Waals surface area contributed by atoms with Gasteiger partial charge in [0.05, 0.1) is 5.75 Å². The van der Waals surface area contributed by atoms with E-state index in [2.05, 4.69) is 14.9 Å². The van der Waals surface area contributed by atoms with Crippen LogP contribution in [0.15, 0.2) is 29.1 Å². The second-order valence-corrected chi connectivity index (χ2v) is 6.71. The zero-order valence-corrected chi connectivity index (χ0v) is 12.9. The van der Waals surface area contributed by atoms with Crippen molar-refractivity contribution in [3.63, 3.8) is 0 Å². The fraction of sp³-hybridized carbons (Fsp3) is 0.286. The Kier molecular flexibility index (Phi) is 4.13. The molecule has 0 atom stereocenters. The van der Waals surface area contributed by atoms with Gasteiger partial charge >= 0.3 is 0 Å². The van der Waals surface area contributed by atoms with E-state index in [0.29, 0.717) is 11.3 Å². The first-order valence-corrected chi connectivity index (χ1v) is 8.05.